The lowest BCUT2D eigenvalue weighted by Gasteiger charge is -2.38. The van der Waals surface area contributed by atoms with E-state index in [4.69, 9.17) is 4.74 Å². The SMILES string of the molecule is CC1(C)COC(=O)N[C@@H]1c1c(F)cc(Br)cc1F. The van der Waals surface area contributed by atoms with Crippen LogP contribution in [0.3, 0.4) is 0 Å². The largest absolute Gasteiger partial charge is 0.449 e. The molecule has 1 amide bonds. The minimum absolute atomic E-state index is 0.110. The van der Waals surface area contributed by atoms with Crippen LogP contribution in [0.1, 0.15) is 25.5 Å². The Morgan fingerprint density at radius 1 is 1.39 bits per heavy atom. The van der Waals surface area contributed by atoms with Crippen molar-refractivity contribution in [3.8, 4) is 0 Å². The fourth-order valence-corrected chi connectivity index (χ4v) is 2.38. The van der Waals surface area contributed by atoms with Gasteiger partial charge >= 0.3 is 6.09 Å². The third kappa shape index (κ3) is 2.34. The predicted octanol–water partition coefficient (Wildman–Crippen LogP) is 3.53. The molecule has 1 fully saturated rings. The number of carbonyl (C=O) groups is 1. The number of hydrogen-bond donors (Lipinski definition) is 1. The Hall–Kier alpha value is -1.17. The second kappa shape index (κ2) is 4.50. The van der Waals surface area contributed by atoms with Crippen LogP contribution >= 0.6 is 15.9 Å². The van der Waals surface area contributed by atoms with Gasteiger partial charge in [-0.25, -0.2) is 13.6 Å². The Morgan fingerprint density at radius 3 is 2.50 bits per heavy atom. The van der Waals surface area contributed by atoms with Crippen LogP contribution in [0.2, 0.25) is 0 Å². The number of rotatable bonds is 1. The highest BCUT2D eigenvalue weighted by Gasteiger charge is 2.40. The number of cyclic esters (lactones) is 1. The van der Waals surface area contributed by atoms with Gasteiger partial charge in [-0.3, -0.25) is 0 Å². The van der Waals surface area contributed by atoms with Crippen LogP contribution in [0.15, 0.2) is 16.6 Å². The van der Waals surface area contributed by atoms with E-state index in [-0.39, 0.29) is 12.2 Å². The molecule has 0 aromatic heterocycles. The number of halogens is 3. The van der Waals surface area contributed by atoms with Crippen LogP contribution in [0.4, 0.5) is 13.6 Å². The molecule has 0 radical (unpaired) electrons. The summed E-state index contributed by atoms with van der Waals surface area (Å²) in [5.41, 5.74) is -0.733. The zero-order valence-corrected chi connectivity index (χ0v) is 11.5. The quantitative estimate of drug-likeness (QED) is 0.860. The summed E-state index contributed by atoms with van der Waals surface area (Å²) in [4.78, 5) is 11.2. The van der Waals surface area contributed by atoms with E-state index in [2.05, 4.69) is 21.2 Å². The number of nitrogens with one attached hydrogen (secondary N) is 1. The molecule has 0 bridgehead atoms. The molecular weight excluding hydrogens is 308 g/mol. The lowest BCUT2D eigenvalue weighted by atomic mass is 9.80. The van der Waals surface area contributed by atoms with Gasteiger partial charge in [0.1, 0.15) is 18.2 Å². The standard InChI is InChI=1S/C12H12BrF2NO2/c1-12(2)5-18-11(17)16-10(12)9-7(14)3-6(13)4-8(9)15/h3-4,10H,5H2,1-2H3,(H,16,17)/t10-/m1/s1. The first kappa shape index (κ1) is 13.3. The molecule has 1 saturated heterocycles. The van der Waals surface area contributed by atoms with E-state index >= 15 is 0 Å². The zero-order chi connectivity index (χ0) is 13.5. The van der Waals surface area contributed by atoms with Gasteiger partial charge in [-0.2, -0.15) is 0 Å². The summed E-state index contributed by atoms with van der Waals surface area (Å²) >= 11 is 3.02. The van der Waals surface area contributed by atoms with Crippen molar-refractivity contribution >= 4 is 22.0 Å². The number of alkyl carbamates (subject to hydrolysis) is 1. The minimum atomic E-state index is -0.758. The Kier molecular flexibility index (Phi) is 3.31. The summed E-state index contributed by atoms with van der Waals surface area (Å²) in [6.07, 6.45) is -0.666. The fourth-order valence-electron chi connectivity index (χ4n) is 1.98. The molecule has 0 spiro atoms. The number of amides is 1. The fraction of sp³-hybridized carbons (Fsp3) is 0.417. The van der Waals surface area contributed by atoms with E-state index in [1.165, 1.54) is 12.1 Å². The number of benzene rings is 1. The van der Waals surface area contributed by atoms with E-state index in [1.807, 2.05) is 0 Å². The maximum atomic E-state index is 13.9. The molecule has 0 unspecified atom stereocenters. The van der Waals surface area contributed by atoms with Crippen molar-refractivity contribution in [2.75, 3.05) is 6.61 Å². The third-order valence-electron chi connectivity index (χ3n) is 2.95. The summed E-state index contributed by atoms with van der Waals surface area (Å²) in [7, 11) is 0. The van der Waals surface area contributed by atoms with Gasteiger partial charge in [0.2, 0.25) is 0 Å². The van der Waals surface area contributed by atoms with Gasteiger partial charge in [0.25, 0.3) is 0 Å². The molecular formula is C12H12BrF2NO2. The topological polar surface area (TPSA) is 38.3 Å². The number of ether oxygens (including phenoxy) is 1. The van der Waals surface area contributed by atoms with Crippen molar-refractivity contribution < 1.29 is 18.3 Å². The average Bonchev–Trinajstić information content (AvgIpc) is 2.22. The summed E-state index contributed by atoms with van der Waals surface area (Å²) in [6, 6.07) is 1.60. The van der Waals surface area contributed by atoms with Gasteiger partial charge < -0.3 is 10.1 Å². The first-order valence-corrected chi connectivity index (χ1v) is 6.18. The summed E-state index contributed by atoms with van der Waals surface area (Å²) in [5, 5.41) is 2.47. The molecule has 1 N–H and O–H groups in total. The van der Waals surface area contributed by atoms with Crippen LogP contribution in [0, 0.1) is 17.0 Å². The summed E-state index contributed by atoms with van der Waals surface area (Å²) < 4.78 is 33.0. The van der Waals surface area contributed by atoms with Crippen molar-refractivity contribution in [1.29, 1.82) is 0 Å². The molecule has 0 aliphatic carbocycles. The smallest absolute Gasteiger partial charge is 0.407 e. The monoisotopic (exact) mass is 319 g/mol. The molecule has 2 rings (SSSR count). The molecule has 1 atom stereocenters. The van der Waals surface area contributed by atoms with Gasteiger partial charge in [-0.05, 0) is 12.1 Å². The maximum absolute atomic E-state index is 13.9. The van der Waals surface area contributed by atoms with Gasteiger partial charge in [0, 0.05) is 15.5 Å². The molecule has 1 aliphatic rings. The summed E-state index contributed by atoms with van der Waals surface area (Å²) in [5.74, 6) is -1.38. The van der Waals surface area contributed by atoms with Gasteiger partial charge in [-0.15, -0.1) is 0 Å². The molecule has 98 valence electrons. The number of hydrogen-bond acceptors (Lipinski definition) is 2. The van der Waals surface area contributed by atoms with Crippen molar-refractivity contribution in [1.82, 2.24) is 5.32 Å². The van der Waals surface area contributed by atoms with Crippen LogP contribution in [0.25, 0.3) is 0 Å². The van der Waals surface area contributed by atoms with Crippen molar-refractivity contribution in [2.45, 2.75) is 19.9 Å². The normalized spacial score (nSPS) is 22.3. The zero-order valence-electron chi connectivity index (χ0n) is 9.89. The Morgan fingerprint density at radius 2 is 1.94 bits per heavy atom. The molecule has 1 heterocycles. The van der Waals surface area contributed by atoms with Crippen LogP contribution in [-0.4, -0.2) is 12.7 Å². The van der Waals surface area contributed by atoms with Crippen molar-refractivity contribution in [2.24, 2.45) is 5.41 Å². The molecule has 0 saturated carbocycles. The molecule has 18 heavy (non-hydrogen) atoms. The first-order chi connectivity index (χ1) is 8.31. The van der Waals surface area contributed by atoms with Gasteiger partial charge in [-0.1, -0.05) is 29.8 Å². The lowest BCUT2D eigenvalue weighted by Crippen LogP contribution is -2.47. The highest BCUT2D eigenvalue weighted by Crippen LogP contribution is 2.39. The van der Waals surface area contributed by atoms with Gasteiger partial charge in [0.15, 0.2) is 0 Å². The van der Waals surface area contributed by atoms with Crippen LogP contribution in [-0.2, 0) is 4.74 Å². The van der Waals surface area contributed by atoms with E-state index < -0.39 is 29.2 Å². The van der Waals surface area contributed by atoms with E-state index in [9.17, 15) is 13.6 Å². The van der Waals surface area contributed by atoms with Gasteiger partial charge in [0.05, 0.1) is 6.04 Å². The van der Waals surface area contributed by atoms with Crippen LogP contribution < -0.4 is 5.32 Å². The first-order valence-electron chi connectivity index (χ1n) is 5.39. The molecule has 3 nitrogen and oxygen atoms in total. The summed E-state index contributed by atoms with van der Waals surface area (Å²) in [6.45, 7) is 3.66. The highest BCUT2D eigenvalue weighted by atomic mass is 79.9. The second-order valence-corrected chi connectivity index (χ2v) is 5.84. The highest BCUT2D eigenvalue weighted by molar-refractivity contribution is 9.10. The Balaban J connectivity index is 2.49. The van der Waals surface area contributed by atoms with Crippen molar-refractivity contribution in [3.63, 3.8) is 0 Å². The number of carbonyl (C=O) groups excluding carboxylic acids is 1. The van der Waals surface area contributed by atoms with Crippen LogP contribution in [0.5, 0.6) is 0 Å². The molecule has 1 aromatic carbocycles. The van der Waals surface area contributed by atoms with E-state index in [0.717, 1.165) is 0 Å². The van der Waals surface area contributed by atoms with E-state index in [0.29, 0.717) is 4.47 Å². The molecule has 6 heteroatoms. The average molecular weight is 320 g/mol. The van der Waals surface area contributed by atoms with E-state index in [1.54, 1.807) is 13.8 Å². The lowest BCUT2D eigenvalue weighted by molar-refractivity contribution is 0.0367. The Bertz CT molecular complexity index is 482. The predicted molar refractivity (Wildman–Crippen MR) is 65.1 cm³/mol. The second-order valence-electron chi connectivity index (χ2n) is 4.93. The third-order valence-corrected chi connectivity index (χ3v) is 3.41. The molecule has 1 aliphatic heterocycles. The molecule has 1 aromatic rings. The minimum Gasteiger partial charge on any atom is -0.449 e. The van der Waals surface area contributed by atoms with Crippen molar-refractivity contribution in [3.05, 3.63) is 33.8 Å². The Labute approximate surface area is 112 Å². The maximum Gasteiger partial charge on any atom is 0.407 e.